The Morgan fingerprint density at radius 1 is 1.35 bits per heavy atom. The van der Waals surface area contributed by atoms with Gasteiger partial charge in [-0.05, 0) is 45.0 Å². The van der Waals surface area contributed by atoms with Crippen LogP contribution in [-0.2, 0) is 9.84 Å². The van der Waals surface area contributed by atoms with Crippen molar-refractivity contribution in [3.63, 3.8) is 0 Å². The highest BCUT2D eigenvalue weighted by molar-refractivity contribution is 7.90. The van der Waals surface area contributed by atoms with E-state index in [0.717, 1.165) is 19.6 Å². The van der Waals surface area contributed by atoms with Gasteiger partial charge in [-0.15, -0.1) is 0 Å². The van der Waals surface area contributed by atoms with Gasteiger partial charge in [0.2, 0.25) is 0 Å². The van der Waals surface area contributed by atoms with Crippen LogP contribution < -0.4 is 11.1 Å². The Morgan fingerprint density at radius 2 is 2.00 bits per heavy atom. The van der Waals surface area contributed by atoms with Gasteiger partial charge in [-0.3, -0.25) is 4.90 Å². The van der Waals surface area contributed by atoms with Gasteiger partial charge in [0.15, 0.2) is 9.84 Å². The molecule has 1 atom stereocenters. The summed E-state index contributed by atoms with van der Waals surface area (Å²) in [7, 11) is -3.29. The quantitative estimate of drug-likeness (QED) is 0.807. The normalized spacial score (nSPS) is 18.1. The molecule has 1 saturated heterocycles. The number of benzene rings is 1. The minimum atomic E-state index is -3.29. The molecule has 2 rings (SSSR count). The van der Waals surface area contributed by atoms with E-state index >= 15 is 0 Å². The second-order valence-electron chi connectivity index (χ2n) is 5.46. The lowest BCUT2D eigenvalue weighted by Crippen LogP contribution is -2.35. The second kappa shape index (κ2) is 6.01. The lowest BCUT2D eigenvalue weighted by Gasteiger charge is -2.24. The van der Waals surface area contributed by atoms with Crippen LogP contribution in [0.4, 0.5) is 11.4 Å². The molecule has 1 aliphatic heterocycles. The van der Waals surface area contributed by atoms with Gasteiger partial charge in [-0.1, -0.05) is 6.07 Å². The van der Waals surface area contributed by atoms with Crippen LogP contribution in [0, 0.1) is 0 Å². The number of nitrogens with zero attached hydrogens (tertiary/aromatic N) is 1. The Kier molecular flexibility index (Phi) is 4.55. The molecule has 1 aromatic carbocycles. The van der Waals surface area contributed by atoms with Gasteiger partial charge in [0.1, 0.15) is 0 Å². The van der Waals surface area contributed by atoms with E-state index in [1.807, 2.05) is 6.07 Å². The summed E-state index contributed by atoms with van der Waals surface area (Å²) in [5.41, 5.74) is 6.96. The van der Waals surface area contributed by atoms with Crippen molar-refractivity contribution in [2.45, 2.75) is 30.7 Å². The first-order valence-electron chi connectivity index (χ1n) is 6.96. The minimum Gasteiger partial charge on any atom is -0.396 e. The fourth-order valence-corrected chi connectivity index (χ4v) is 3.43. The number of sulfone groups is 1. The maximum absolute atomic E-state index is 11.6. The molecule has 5 nitrogen and oxygen atoms in total. The van der Waals surface area contributed by atoms with Crippen LogP contribution in [0.2, 0.25) is 0 Å². The Balaban J connectivity index is 2.06. The zero-order chi connectivity index (χ0) is 14.8. The Bertz CT molecular complexity index is 566. The van der Waals surface area contributed by atoms with Crippen LogP contribution in [0.15, 0.2) is 23.1 Å². The van der Waals surface area contributed by atoms with E-state index in [2.05, 4.69) is 17.1 Å². The van der Waals surface area contributed by atoms with E-state index in [0.29, 0.717) is 17.4 Å². The summed E-state index contributed by atoms with van der Waals surface area (Å²) in [4.78, 5) is 2.63. The topological polar surface area (TPSA) is 75.4 Å². The molecule has 6 heteroatoms. The molecule has 1 fully saturated rings. The van der Waals surface area contributed by atoms with Crippen molar-refractivity contribution in [2.75, 3.05) is 36.9 Å². The van der Waals surface area contributed by atoms with Crippen LogP contribution >= 0.6 is 0 Å². The second-order valence-corrected chi connectivity index (χ2v) is 7.45. The monoisotopic (exact) mass is 297 g/mol. The fraction of sp³-hybridized carbons (Fsp3) is 0.571. The summed E-state index contributed by atoms with van der Waals surface area (Å²) >= 11 is 0. The number of nitrogens with one attached hydrogen (secondary N) is 1. The molecule has 0 aliphatic carbocycles. The zero-order valence-corrected chi connectivity index (χ0v) is 12.9. The molecule has 1 aliphatic rings. The van der Waals surface area contributed by atoms with Gasteiger partial charge in [-0.2, -0.15) is 0 Å². The SMILES string of the molecule is CC(CNc1cccc(S(C)(=O)=O)c1N)N1CCCC1. The minimum absolute atomic E-state index is 0.191. The van der Waals surface area contributed by atoms with Crippen LogP contribution in [-0.4, -0.2) is 45.2 Å². The molecule has 1 heterocycles. The van der Waals surface area contributed by atoms with Crippen molar-refractivity contribution in [3.8, 4) is 0 Å². The van der Waals surface area contributed by atoms with E-state index < -0.39 is 9.84 Å². The number of nitrogens with two attached hydrogens (primary N) is 1. The van der Waals surface area contributed by atoms with E-state index in [1.54, 1.807) is 12.1 Å². The maximum Gasteiger partial charge on any atom is 0.177 e. The number of hydrogen-bond acceptors (Lipinski definition) is 5. The third-order valence-electron chi connectivity index (χ3n) is 3.82. The lowest BCUT2D eigenvalue weighted by atomic mass is 10.2. The van der Waals surface area contributed by atoms with Gasteiger partial charge in [0.05, 0.1) is 16.3 Å². The number of nitrogen functional groups attached to an aromatic ring is 1. The average Bonchev–Trinajstić information content (AvgIpc) is 2.89. The van der Waals surface area contributed by atoms with E-state index in [4.69, 9.17) is 5.73 Å². The molecule has 1 unspecified atom stereocenters. The van der Waals surface area contributed by atoms with Crippen molar-refractivity contribution >= 4 is 21.2 Å². The van der Waals surface area contributed by atoms with Crippen LogP contribution in [0.3, 0.4) is 0 Å². The van der Waals surface area contributed by atoms with Crippen molar-refractivity contribution in [1.29, 1.82) is 0 Å². The van der Waals surface area contributed by atoms with E-state index in [-0.39, 0.29) is 4.90 Å². The first-order valence-corrected chi connectivity index (χ1v) is 8.85. The van der Waals surface area contributed by atoms with Gasteiger partial charge < -0.3 is 11.1 Å². The molecule has 0 bridgehead atoms. The van der Waals surface area contributed by atoms with Gasteiger partial charge in [0, 0.05) is 18.8 Å². The highest BCUT2D eigenvalue weighted by Crippen LogP contribution is 2.26. The summed E-state index contributed by atoms with van der Waals surface area (Å²) in [6.45, 7) is 5.22. The molecule has 1 aromatic rings. The summed E-state index contributed by atoms with van der Waals surface area (Å²) < 4.78 is 23.3. The third kappa shape index (κ3) is 3.43. The molecule has 112 valence electrons. The fourth-order valence-electron chi connectivity index (χ4n) is 2.59. The highest BCUT2D eigenvalue weighted by Gasteiger charge is 2.19. The maximum atomic E-state index is 11.6. The predicted octanol–water partition coefficient (Wildman–Crippen LogP) is 1.57. The largest absolute Gasteiger partial charge is 0.396 e. The molecule has 0 spiro atoms. The molecular formula is C14H23N3O2S. The zero-order valence-electron chi connectivity index (χ0n) is 12.1. The van der Waals surface area contributed by atoms with Gasteiger partial charge >= 0.3 is 0 Å². The highest BCUT2D eigenvalue weighted by atomic mass is 32.2. The Hall–Kier alpha value is -1.27. The smallest absolute Gasteiger partial charge is 0.177 e. The Morgan fingerprint density at radius 3 is 2.60 bits per heavy atom. The van der Waals surface area contributed by atoms with E-state index in [1.165, 1.54) is 19.1 Å². The number of rotatable bonds is 5. The summed E-state index contributed by atoms with van der Waals surface area (Å²) in [5, 5.41) is 3.27. The molecule has 20 heavy (non-hydrogen) atoms. The van der Waals surface area contributed by atoms with Gasteiger partial charge in [0.25, 0.3) is 0 Å². The average molecular weight is 297 g/mol. The predicted molar refractivity (Wildman–Crippen MR) is 82.7 cm³/mol. The molecule has 0 amide bonds. The first kappa shape index (κ1) is 15.1. The van der Waals surface area contributed by atoms with Crippen LogP contribution in [0.25, 0.3) is 0 Å². The standard InChI is InChI=1S/C14H23N3O2S/c1-11(17-8-3-4-9-17)10-16-12-6-5-7-13(14(12)15)20(2,18)19/h5-7,11,16H,3-4,8-10,15H2,1-2H3. The van der Waals surface area contributed by atoms with Crippen molar-refractivity contribution < 1.29 is 8.42 Å². The van der Waals surface area contributed by atoms with Gasteiger partial charge in [-0.25, -0.2) is 8.42 Å². The number of hydrogen-bond donors (Lipinski definition) is 2. The number of para-hydroxylation sites is 1. The summed E-state index contributed by atoms with van der Waals surface area (Å²) in [6.07, 6.45) is 3.70. The third-order valence-corrected chi connectivity index (χ3v) is 4.97. The van der Waals surface area contributed by atoms with Crippen LogP contribution in [0.1, 0.15) is 19.8 Å². The Labute approximate surface area is 121 Å². The lowest BCUT2D eigenvalue weighted by molar-refractivity contribution is 0.269. The molecule has 0 aromatic heterocycles. The van der Waals surface area contributed by atoms with Crippen molar-refractivity contribution in [2.24, 2.45) is 0 Å². The summed E-state index contributed by atoms with van der Waals surface area (Å²) in [6, 6.07) is 5.49. The first-order chi connectivity index (χ1) is 9.39. The molecule has 0 saturated carbocycles. The molecule has 3 N–H and O–H groups in total. The molecular weight excluding hydrogens is 274 g/mol. The van der Waals surface area contributed by atoms with Crippen molar-refractivity contribution in [1.82, 2.24) is 4.90 Å². The summed E-state index contributed by atoms with van der Waals surface area (Å²) in [5.74, 6) is 0. The van der Waals surface area contributed by atoms with Crippen molar-refractivity contribution in [3.05, 3.63) is 18.2 Å². The van der Waals surface area contributed by atoms with Crippen LogP contribution in [0.5, 0.6) is 0 Å². The van der Waals surface area contributed by atoms with E-state index in [9.17, 15) is 8.42 Å². The number of likely N-dealkylation sites (tertiary alicyclic amines) is 1. The number of anilines is 2. The molecule has 0 radical (unpaired) electrons.